The lowest BCUT2D eigenvalue weighted by atomic mass is 9.97. The fourth-order valence-electron chi connectivity index (χ4n) is 1.66. The molecule has 16 heavy (non-hydrogen) atoms. The van der Waals surface area contributed by atoms with Gasteiger partial charge in [0.25, 0.3) is 0 Å². The van der Waals surface area contributed by atoms with Crippen molar-refractivity contribution < 1.29 is 19.4 Å². The Bertz CT molecular complexity index is 430. The number of rotatable bonds is 2. The minimum absolute atomic E-state index is 0.147. The van der Waals surface area contributed by atoms with Gasteiger partial charge in [0.1, 0.15) is 5.75 Å². The van der Waals surface area contributed by atoms with Crippen LogP contribution in [-0.4, -0.2) is 17.9 Å². The summed E-state index contributed by atoms with van der Waals surface area (Å²) in [4.78, 5) is 11.0. The van der Waals surface area contributed by atoms with Crippen LogP contribution in [0.3, 0.4) is 0 Å². The van der Waals surface area contributed by atoms with Gasteiger partial charge in [-0.1, -0.05) is 11.6 Å². The van der Waals surface area contributed by atoms with Crippen LogP contribution in [0.1, 0.15) is 24.0 Å². The van der Waals surface area contributed by atoms with Crippen molar-refractivity contribution in [3.8, 4) is 5.75 Å². The summed E-state index contributed by atoms with van der Waals surface area (Å²) in [5.41, 5.74) is 1.39. The van der Waals surface area contributed by atoms with E-state index in [1.54, 1.807) is 19.1 Å². The average Bonchev–Trinajstić information content (AvgIpc) is 2.26. The first-order valence-electron chi connectivity index (χ1n) is 4.85. The number of aliphatic carboxylic acids is 1. The molecule has 0 aromatic heterocycles. The van der Waals surface area contributed by atoms with Gasteiger partial charge >= 0.3 is 5.97 Å². The number of carboxylic acids is 1. The van der Waals surface area contributed by atoms with E-state index in [4.69, 9.17) is 26.2 Å². The highest BCUT2D eigenvalue weighted by Crippen LogP contribution is 2.35. The van der Waals surface area contributed by atoms with Crippen LogP contribution < -0.4 is 4.74 Å². The van der Waals surface area contributed by atoms with Crippen LogP contribution in [0.15, 0.2) is 12.1 Å². The number of halogens is 1. The molecular formula is C11H11ClO4. The number of fused-ring (bicyclic) bond motifs is 1. The molecule has 1 unspecified atom stereocenters. The maximum Gasteiger partial charge on any atom is 0.310 e. The van der Waals surface area contributed by atoms with Crippen LogP contribution in [0, 0.1) is 0 Å². The Balaban J connectivity index is 2.51. The second-order valence-electron chi connectivity index (χ2n) is 3.65. The number of ether oxygens (including phenoxy) is 2. The SMILES string of the molecule is CC(C(=O)O)c1cc(Cl)cc2c1OCOC2. The van der Waals surface area contributed by atoms with Gasteiger partial charge < -0.3 is 14.6 Å². The van der Waals surface area contributed by atoms with Crippen molar-refractivity contribution in [2.45, 2.75) is 19.4 Å². The maximum absolute atomic E-state index is 11.0. The Labute approximate surface area is 97.7 Å². The van der Waals surface area contributed by atoms with Crippen LogP contribution >= 0.6 is 11.6 Å². The summed E-state index contributed by atoms with van der Waals surface area (Å²) in [6, 6.07) is 3.36. The highest BCUT2D eigenvalue weighted by atomic mass is 35.5. The summed E-state index contributed by atoms with van der Waals surface area (Å²) in [6.45, 7) is 2.15. The number of benzene rings is 1. The zero-order valence-electron chi connectivity index (χ0n) is 8.70. The summed E-state index contributed by atoms with van der Waals surface area (Å²) in [7, 11) is 0. The van der Waals surface area contributed by atoms with Crippen molar-refractivity contribution >= 4 is 17.6 Å². The maximum atomic E-state index is 11.0. The molecule has 1 aromatic rings. The van der Waals surface area contributed by atoms with E-state index in [0.29, 0.717) is 22.9 Å². The molecule has 0 amide bonds. The molecule has 1 atom stereocenters. The van der Waals surface area contributed by atoms with Crippen molar-refractivity contribution in [3.63, 3.8) is 0 Å². The highest BCUT2D eigenvalue weighted by molar-refractivity contribution is 6.30. The number of carbonyl (C=O) groups is 1. The van der Waals surface area contributed by atoms with Gasteiger partial charge in [0.15, 0.2) is 6.79 Å². The van der Waals surface area contributed by atoms with Gasteiger partial charge in [-0.25, -0.2) is 0 Å². The molecule has 0 bridgehead atoms. The zero-order chi connectivity index (χ0) is 11.7. The Morgan fingerprint density at radius 3 is 3.00 bits per heavy atom. The smallest absolute Gasteiger partial charge is 0.310 e. The monoisotopic (exact) mass is 242 g/mol. The van der Waals surface area contributed by atoms with Crippen LogP contribution in [0.4, 0.5) is 0 Å². The molecule has 5 heteroatoms. The molecule has 86 valence electrons. The number of carboxylic acid groups (broad SMARTS) is 1. The molecule has 4 nitrogen and oxygen atoms in total. The lowest BCUT2D eigenvalue weighted by Gasteiger charge is -2.22. The minimum atomic E-state index is -0.903. The number of hydrogen-bond donors (Lipinski definition) is 1. The van der Waals surface area contributed by atoms with Gasteiger partial charge in [0, 0.05) is 16.1 Å². The van der Waals surface area contributed by atoms with Crippen molar-refractivity contribution in [1.29, 1.82) is 0 Å². The molecule has 1 aliphatic rings. The second-order valence-corrected chi connectivity index (χ2v) is 4.09. The largest absolute Gasteiger partial charge is 0.481 e. The van der Waals surface area contributed by atoms with Gasteiger partial charge in [0.05, 0.1) is 12.5 Å². The standard InChI is InChI=1S/C11H11ClO4/c1-6(11(13)14)9-3-8(12)2-7-4-15-5-16-10(7)9/h2-3,6H,4-5H2,1H3,(H,13,14). The normalized spacial score (nSPS) is 16.1. The van der Waals surface area contributed by atoms with Gasteiger partial charge in [-0.3, -0.25) is 4.79 Å². The Morgan fingerprint density at radius 2 is 2.31 bits per heavy atom. The van der Waals surface area contributed by atoms with E-state index in [9.17, 15) is 4.79 Å². The van der Waals surface area contributed by atoms with E-state index in [-0.39, 0.29) is 6.79 Å². The zero-order valence-corrected chi connectivity index (χ0v) is 9.45. The molecule has 0 radical (unpaired) electrons. The van der Waals surface area contributed by atoms with Gasteiger partial charge in [-0.2, -0.15) is 0 Å². The summed E-state index contributed by atoms with van der Waals surface area (Å²) in [5, 5.41) is 9.49. The van der Waals surface area contributed by atoms with Crippen molar-refractivity contribution in [1.82, 2.24) is 0 Å². The van der Waals surface area contributed by atoms with Gasteiger partial charge in [-0.05, 0) is 19.1 Å². The van der Waals surface area contributed by atoms with E-state index < -0.39 is 11.9 Å². The predicted molar refractivity (Wildman–Crippen MR) is 57.8 cm³/mol. The molecular weight excluding hydrogens is 232 g/mol. The summed E-state index contributed by atoms with van der Waals surface area (Å²) in [6.07, 6.45) is 0. The first-order valence-corrected chi connectivity index (χ1v) is 5.23. The molecule has 2 rings (SSSR count). The highest BCUT2D eigenvalue weighted by Gasteiger charge is 2.23. The average molecular weight is 243 g/mol. The number of hydrogen-bond acceptors (Lipinski definition) is 3. The third-order valence-electron chi connectivity index (χ3n) is 2.54. The van der Waals surface area contributed by atoms with E-state index in [0.717, 1.165) is 5.56 Å². The quantitative estimate of drug-likeness (QED) is 0.865. The van der Waals surface area contributed by atoms with Crippen LogP contribution in [0.5, 0.6) is 5.75 Å². The van der Waals surface area contributed by atoms with Crippen molar-refractivity contribution in [2.24, 2.45) is 0 Å². The van der Waals surface area contributed by atoms with Crippen LogP contribution in [0.2, 0.25) is 5.02 Å². The molecule has 1 aliphatic heterocycles. The molecule has 0 fully saturated rings. The fourth-order valence-corrected chi connectivity index (χ4v) is 1.91. The molecule has 0 saturated carbocycles. The molecule has 1 N–H and O–H groups in total. The lowest BCUT2D eigenvalue weighted by molar-refractivity contribution is -0.138. The lowest BCUT2D eigenvalue weighted by Crippen LogP contribution is -2.16. The van der Waals surface area contributed by atoms with E-state index in [1.807, 2.05) is 0 Å². The Morgan fingerprint density at radius 1 is 1.56 bits per heavy atom. The van der Waals surface area contributed by atoms with Crippen LogP contribution in [-0.2, 0) is 16.1 Å². The molecule has 0 aliphatic carbocycles. The Hall–Kier alpha value is -1.26. The topological polar surface area (TPSA) is 55.8 Å². The third-order valence-corrected chi connectivity index (χ3v) is 2.76. The van der Waals surface area contributed by atoms with Gasteiger partial charge in [-0.15, -0.1) is 0 Å². The molecule has 1 aromatic carbocycles. The molecule has 1 heterocycles. The minimum Gasteiger partial charge on any atom is -0.481 e. The van der Waals surface area contributed by atoms with E-state index in [1.165, 1.54) is 0 Å². The summed E-state index contributed by atoms with van der Waals surface area (Å²) in [5.74, 6) is -0.962. The van der Waals surface area contributed by atoms with Crippen LogP contribution in [0.25, 0.3) is 0 Å². The first kappa shape index (κ1) is 11.2. The third kappa shape index (κ3) is 1.99. The van der Waals surface area contributed by atoms with Crippen molar-refractivity contribution in [3.05, 3.63) is 28.3 Å². The first-order chi connectivity index (χ1) is 7.59. The predicted octanol–water partition coefficient (Wildman–Crippen LogP) is 2.39. The second kappa shape index (κ2) is 4.31. The van der Waals surface area contributed by atoms with E-state index >= 15 is 0 Å². The molecule has 0 saturated heterocycles. The van der Waals surface area contributed by atoms with Crippen molar-refractivity contribution in [2.75, 3.05) is 6.79 Å². The summed E-state index contributed by atoms with van der Waals surface area (Å²) < 4.78 is 10.5. The Kier molecular flexibility index (Phi) is 3.03. The fraction of sp³-hybridized carbons (Fsp3) is 0.364. The van der Waals surface area contributed by atoms with Gasteiger partial charge in [0.2, 0.25) is 0 Å². The summed E-state index contributed by atoms with van der Waals surface area (Å²) >= 11 is 5.93. The molecule has 0 spiro atoms. The van der Waals surface area contributed by atoms with E-state index in [2.05, 4.69) is 0 Å².